The van der Waals surface area contributed by atoms with Gasteiger partial charge in [-0.3, -0.25) is 4.79 Å². The number of amides is 1. The second-order valence-corrected chi connectivity index (χ2v) is 5.32. The van der Waals surface area contributed by atoms with Crippen molar-refractivity contribution in [3.05, 3.63) is 47.5 Å². The SMILES string of the molecule is CC.COc1cc2c(cc1N)OCC(=O)N2Cc1ccc(C)cc1. The Bertz CT molecular complexity index is 711. The molecule has 0 aliphatic carbocycles. The zero-order valence-electron chi connectivity index (χ0n) is 14.6. The Morgan fingerprint density at radius 3 is 2.50 bits per heavy atom. The van der Waals surface area contributed by atoms with E-state index in [0.29, 0.717) is 29.4 Å². The largest absolute Gasteiger partial charge is 0.495 e. The summed E-state index contributed by atoms with van der Waals surface area (Å²) in [6.07, 6.45) is 0. The Labute approximate surface area is 143 Å². The average molecular weight is 328 g/mol. The smallest absolute Gasteiger partial charge is 0.265 e. The van der Waals surface area contributed by atoms with Crippen molar-refractivity contribution in [2.45, 2.75) is 27.3 Å². The molecule has 1 amide bonds. The Kier molecular flexibility index (Phi) is 5.68. The average Bonchev–Trinajstić information content (AvgIpc) is 2.60. The molecule has 0 aromatic heterocycles. The van der Waals surface area contributed by atoms with Gasteiger partial charge in [-0.25, -0.2) is 0 Å². The van der Waals surface area contributed by atoms with Gasteiger partial charge >= 0.3 is 0 Å². The number of benzene rings is 2. The molecule has 3 rings (SSSR count). The molecule has 0 saturated carbocycles. The van der Waals surface area contributed by atoms with Crippen LogP contribution in [0.15, 0.2) is 36.4 Å². The van der Waals surface area contributed by atoms with Gasteiger partial charge in [0.05, 0.1) is 25.0 Å². The van der Waals surface area contributed by atoms with E-state index in [0.717, 1.165) is 5.56 Å². The summed E-state index contributed by atoms with van der Waals surface area (Å²) in [5.74, 6) is 1.05. The molecule has 0 unspecified atom stereocenters. The molecule has 0 saturated heterocycles. The summed E-state index contributed by atoms with van der Waals surface area (Å²) in [4.78, 5) is 13.9. The van der Waals surface area contributed by atoms with E-state index < -0.39 is 0 Å². The third kappa shape index (κ3) is 3.62. The molecule has 0 bridgehead atoms. The summed E-state index contributed by atoms with van der Waals surface area (Å²) >= 11 is 0. The number of aryl methyl sites for hydroxylation is 1. The van der Waals surface area contributed by atoms with Crippen molar-refractivity contribution in [2.75, 3.05) is 24.4 Å². The Hall–Kier alpha value is -2.69. The van der Waals surface area contributed by atoms with Crippen molar-refractivity contribution in [2.24, 2.45) is 0 Å². The molecule has 1 heterocycles. The van der Waals surface area contributed by atoms with E-state index in [4.69, 9.17) is 15.2 Å². The minimum absolute atomic E-state index is 0.0185. The molecular weight excluding hydrogens is 304 g/mol. The topological polar surface area (TPSA) is 64.8 Å². The maximum atomic E-state index is 12.2. The number of nitrogen functional groups attached to an aromatic ring is 1. The first-order valence-corrected chi connectivity index (χ1v) is 8.04. The van der Waals surface area contributed by atoms with Gasteiger partial charge in [-0.05, 0) is 12.5 Å². The number of carbonyl (C=O) groups is 1. The van der Waals surface area contributed by atoms with Crippen LogP contribution in [0.5, 0.6) is 11.5 Å². The molecule has 24 heavy (non-hydrogen) atoms. The highest BCUT2D eigenvalue weighted by Gasteiger charge is 2.27. The molecule has 2 N–H and O–H groups in total. The van der Waals surface area contributed by atoms with E-state index in [1.807, 2.05) is 45.0 Å². The van der Waals surface area contributed by atoms with E-state index in [-0.39, 0.29) is 12.5 Å². The monoisotopic (exact) mass is 328 g/mol. The Morgan fingerprint density at radius 1 is 1.21 bits per heavy atom. The Balaban J connectivity index is 0.00000100. The summed E-state index contributed by atoms with van der Waals surface area (Å²) < 4.78 is 10.7. The fourth-order valence-electron chi connectivity index (χ4n) is 2.47. The third-order valence-electron chi connectivity index (χ3n) is 3.72. The van der Waals surface area contributed by atoms with E-state index in [9.17, 15) is 4.79 Å². The molecule has 2 aromatic rings. The van der Waals surface area contributed by atoms with Gasteiger partial charge in [-0.1, -0.05) is 43.7 Å². The number of anilines is 2. The summed E-state index contributed by atoms with van der Waals surface area (Å²) in [6, 6.07) is 11.5. The second-order valence-electron chi connectivity index (χ2n) is 5.32. The third-order valence-corrected chi connectivity index (χ3v) is 3.72. The van der Waals surface area contributed by atoms with Crippen molar-refractivity contribution in [3.63, 3.8) is 0 Å². The first-order valence-electron chi connectivity index (χ1n) is 8.04. The number of nitrogens with zero attached hydrogens (tertiary/aromatic N) is 1. The minimum Gasteiger partial charge on any atom is -0.495 e. The standard InChI is InChI=1S/C17H18N2O3.C2H6/c1-11-3-5-12(6-4-11)9-19-14-8-15(21-2)13(18)7-16(14)22-10-17(19)20;1-2/h3-8H,9-10,18H2,1-2H3;1-2H3. The number of ether oxygens (including phenoxy) is 2. The molecule has 1 aliphatic heterocycles. The quantitative estimate of drug-likeness (QED) is 0.875. The van der Waals surface area contributed by atoms with Crippen molar-refractivity contribution in [1.29, 1.82) is 0 Å². The molecule has 0 atom stereocenters. The summed E-state index contributed by atoms with van der Waals surface area (Å²) in [5.41, 5.74) is 9.32. The lowest BCUT2D eigenvalue weighted by Crippen LogP contribution is -2.38. The fraction of sp³-hybridized carbons (Fsp3) is 0.316. The fourth-order valence-corrected chi connectivity index (χ4v) is 2.47. The second kappa shape index (κ2) is 7.73. The molecule has 5 nitrogen and oxygen atoms in total. The van der Waals surface area contributed by atoms with Gasteiger partial charge in [0.2, 0.25) is 0 Å². The normalized spacial score (nSPS) is 12.7. The van der Waals surface area contributed by atoms with Crippen molar-refractivity contribution < 1.29 is 14.3 Å². The molecular formula is C19H24N2O3. The molecule has 0 spiro atoms. The van der Waals surface area contributed by atoms with Crippen LogP contribution in [-0.2, 0) is 11.3 Å². The van der Waals surface area contributed by atoms with Crippen LogP contribution in [0.25, 0.3) is 0 Å². The lowest BCUT2D eigenvalue weighted by molar-refractivity contribution is -0.121. The van der Waals surface area contributed by atoms with Crippen LogP contribution in [0.1, 0.15) is 25.0 Å². The van der Waals surface area contributed by atoms with Crippen LogP contribution in [-0.4, -0.2) is 19.6 Å². The molecule has 0 radical (unpaired) electrons. The highest BCUT2D eigenvalue weighted by molar-refractivity contribution is 5.98. The predicted molar refractivity (Wildman–Crippen MR) is 96.6 cm³/mol. The number of hydrogen-bond donors (Lipinski definition) is 1. The number of fused-ring (bicyclic) bond motifs is 1. The summed E-state index contributed by atoms with van der Waals surface area (Å²) in [7, 11) is 1.55. The van der Waals surface area contributed by atoms with Gasteiger partial charge in [0.15, 0.2) is 6.61 Å². The highest BCUT2D eigenvalue weighted by atomic mass is 16.5. The zero-order valence-corrected chi connectivity index (χ0v) is 14.6. The van der Waals surface area contributed by atoms with Gasteiger partial charge in [0, 0.05) is 12.1 Å². The first-order chi connectivity index (χ1) is 11.6. The van der Waals surface area contributed by atoms with Crippen LogP contribution in [0.4, 0.5) is 11.4 Å². The minimum atomic E-state index is -0.0834. The zero-order chi connectivity index (χ0) is 17.7. The lowest BCUT2D eigenvalue weighted by Gasteiger charge is -2.30. The molecule has 0 fully saturated rings. The van der Waals surface area contributed by atoms with E-state index in [1.54, 1.807) is 24.1 Å². The van der Waals surface area contributed by atoms with Crippen LogP contribution in [0, 0.1) is 6.92 Å². The van der Waals surface area contributed by atoms with Crippen molar-refractivity contribution >= 4 is 17.3 Å². The number of nitrogens with two attached hydrogens (primary N) is 1. The number of rotatable bonds is 3. The van der Waals surface area contributed by atoms with Crippen LogP contribution in [0.2, 0.25) is 0 Å². The Morgan fingerprint density at radius 2 is 1.88 bits per heavy atom. The summed E-state index contributed by atoms with van der Waals surface area (Å²) in [5, 5.41) is 0. The van der Waals surface area contributed by atoms with Gasteiger partial charge in [-0.2, -0.15) is 0 Å². The highest BCUT2D eigenvalue weighted by Crippen LogP contribution is 2.39. The molecule has 1 aliphatic rings. The van der Waals surface area contributed by atoms with E-state index in [2.05, 4.69) is 0 Å². The lowest BCUT2D eigenvalue weighted by atomic mass is 10.1. The van der Waals surface area contributed by atoms with E-state index >= 15 is 0 Å². The van der Waals surface area contributed by atoms with Gasteiger partial charge < -0.3 is 20.1 Å². The van der Waals surface area contributed by atoms with Crippen LogP contribution in [0.3, 0.4) is 0 Å². The predicted octanol–water partition coefficient (Wildman–Crippen LogP) is 3.54. The summed E-state index contributed by atoms with van der Waals surface area (Å²) in [6.45, 7) is 6.54. The van der Waals surface area contributed by atoms with Gasteiger partial charge in [0.25, 0.3) is 5.91 Å². The van der Waals surface area contributed by atoms with E-state index in [1.165, 1.54) is 5.56 Å². The van der Waals surface area contributed by atoms with Crippen molar-refractivity contribution in [1.82, 2.24) is 0 Å². The molecule has 2 aromatic carbocycles. The molecule has 128 valence electrons. The maximum Gasteiger partial charge on any atom is 0.265 e. The number of carbonyl (C=O) groups excluding carboxylic acids is 1. The number of hydrogen-bond acceptors (Lipinski definition) is 4. The van der Waals surface area contributed by atoms with Crippen LogP contribution >= 0.6 is 0 Å². The first kappa shape index (κ1) is 17.7. The number of methoxy groups -OCH3 is 1. The van der Waals surface area contributed by atoms with Crippen LogP contribution < -0.4 is 20.1 Å². The molecule has 5 heteroatoms. The van der Waals surface area contributed by atoms with Gasteiger partial charge in [-0.15, -0.1) is 0 Å². The van der Waals surface area contributed by atoms with Crippen molar-refractivity contribution in [3.8, 4) is 11.5 Å². The maximum absolute atomic E-state index is 12.2. The van der Waals surface area contributed by atoms with Gasteiger partial charge in [0.1, 0.15) is 11.5 Å².